The molecule has 1 aromatic heterocycles. The number of nitrogen functional groups attached to an aromatic ring is 1. The van der Waals surface area contributed by atoms with Gasteiger partial charge in [0.05, 0.1) is 0 Å². The van der Waals surface area contributed by atoms with E-state index in [-0.39, 0.29) is 0 Å². The van der Waals surface area contributed by atoms with E-state index in [1.165, 1.54) is 0 Å². The van der Waals surface area contributed by atoms with Crippen molar-refractivity contribution in [3.05, 3.63) is 0 Å². The largest absolute Gasteiger partial charge is 0.367 e. The predicted molar refractivity (Wildman–Crippen MR) is 23.7 cm³/mol. The van der Waals surface area contributed by atoms with Gasteiger partial charge in [0, 0.05) is 0 Å². The topological polar surface area (TPSA) is 102 Å². The number of nitrogens with two attached hydrogens (primary N) is 1. The highest BCUT2D eigenvalue weighted by atomic mass is 15.5. The minimum absolute atomic E-state index is 0.304. The van der Waals surface area contributed by atoms with Crippen LogP contribution in [0.15, 0.2) is 0 Å². The molecule has 0 unspecified atom stereocenters. The molecule has 40 valence electrons. The van der Waals surface area contributed by atoms with E-state index >= 15 is 0 Å². The second-order valence-corrected chi connectivity index (χ2v) is 0.984. The van der Waals surface area contributed by atoms with E-state index in [1.54, 1.807) is 0 Å². The second kappa shape index (κ2) is 1.41. The van der Waals surface area contributed by atoms with Gasteiger partial charge in [0.15, 0.2) is 0 Å². The van der Waals surface area contributed by atoms with Gasteiger partial charge in [-0.2, -0.15) is 0 Å². The van der Waals surface area contributed by atoms with Gasteiger partial charge in [0.25, 0.3) is 0 Å². The van der Waals surface area contributed by atoms with Gasteiger partial charge in [-0.15, -0.1) is 5.10 Å². The summed E-state index contributed by atoms with van der Waals surface area (Å²) in [5, 5.41) is 13.3. The van der Waals surface area contributed by atoms with Crippen molar-refractivity contribution >= 4 is 5.95 Å². The molecule has 0 fully saturated rings. The highest BCUT2D eigenvalue weighted by molar-refractivity contribution is 5.04. The Hall–Kier alpha value is -1.33. The number of hydrogen-bond acceptors (Lipinski definition) is 2. The number of hydrogen-bond donors (Lipinski definition) is 5. The number of aromatic amines is 4. The molecule has 0 radical (unpaired) electrons. The summed E-state index contributed by atoms with van der Waals surface area (Å²) in [7, 11) is 0. The average molecular weight is 102 g/mol. The van der Waals surface area contributed by atoms with Crippen LogP contribution in [0.4, 0.5) is 5.95 Å². The lowest BCUT2D eigenvalue weighted by molar-refractivity contribution is 0.690. The molecular weight excluding hydrogens is 96.1 g/mol. The normalized spacial score (nSPS) is 8.57. The van der Waals surface area contributed by atoms with Crippen LogP contribution in [0.1, 0.15) is 0 Å². The molecule has 0 spiro atoms. The molecule has 0 aliphatic carbocycles. The van der Waals surface area contributed by atoms with Crippen LogP contribution in [0.3, 0.4) is 0 Å². The van der Waals surface area contributed by atoms with Crippen molar-refractivity contribution in [1.29, 1.82) is 0 Å². The third-order valence-electron chi connectivity index (χ3n) is 0.485. The van der Waals surface area contributed by atoms with Crippen molar-refractivity contribution in [1.82, 2.24) is 25.8 Å². The molecule has 0 amide bonds. The lowest BCUT2D eigenvalue weighted by atomic mass is 11.1. The maximum Gasteiger partial charge on any atom is 0.233 e. The molecule has 0 aliphatic rings. The summed E-state index contributed by atoms with van der Waals surface area (Å²) in [6, 6.07) is 0. The average Bonchev–Trinajstić information content (AvgIpc) is 1.69. The first-order chi connectivity index (χ1) is 3.39. The molecule has 0 aliphatic heterocycles. The molecule has 0 bridgehead atoms. The Balaban J connectivity index is 3.02. The molecule has 6 heteroatoms. The standard InChI is InChI=1S/CH6N6/c2-1-3-5-7-6-4-1/h5-7H,(H3,2,3,4). The highest BCUT2D eigenvalue weighted by Gasteiger charge is 1.71. The maximum atomic E-state index is 5.11. The molecular formula is CH6N6. The van der Waals surface area contributed by atoms with Crippen LogP contribution < -0.4 is 5.73 Å². The Labute approximate surface area is 38.7 Å². The monoisotopic (exact) mass is 102 g/mol. The zero-order valence-corrected chi connectivity index (χ0v) is 3.52. The first kappa shape index (κ1) is 3.85. The van der Waals surface area contributed by atoms with Crippen LogP contribution in [-0.2, 0) is 0 Å². The fourth-order valence-corrected chi connectivity index (χ4v) is 0.239. The van der Waals surface area contributed by atoms with E-state index in [4.69, 9.17) is 5.73 Å². The molecule has 6 nitrogen and oxygen atoms in total. The van der Waals surface area contributed by atoms with E-state index in [0.717, 1.165) is 0 Å². The molecule has 0 saturated heterocycles. The third kappa shape index (κ3) is 0.748. The smallest absolute Gasteiger partial charge is 0.233 e. The van der Waals surface area contributed by atoms with E-state index in [1.807, 2.05) is 0 Å². The Morgan fingerprint density at radius 2 is 2.29 bits per heavy atom. The summed E-state index contributed by atoms with van der Waals surface area (Å²) in [6.07, 6.45) is 0. The van der Waals surface area contributed by atoms with Crippen molar-refractivity contribution in [3.63, 3.8) is 0 Å². The molecule has 0 aromatic carbocycles. The second-order valence-electron chi connectivity index (χ2n) is 0.984. The van der Waals surface area contributed by atoms with Crippen LogP contribution in [0.2, 0.25) is 0 Å². The van der Waals surface area contributed by atoms with Crippen molar-refractivity contribution < 1.29 is 0 Å². The first-order valence-corrected chi connectivity index (χ1v) is 1.74. The van der Waals surface area contributed by atoms with Gasteiger partial charge in [-0.1, -0.05) is 0 Å². The zero-order valence-electron chi connectivity index (χ0n) is 3.52. The number of aromatic nitrogens is 5. The van der Waals surface area contributed by atoms with Gasteiger partial charge >= 0.3 is 0 Å². The summed E-state index contributed by atoms with van der Waals surface area (Å²) in [6.45, 7) is 0. The Bertz CT molecular complexity index is 134. The lowest BCUT2D eigenvalue weighted by Crippen LogP contribution is -2.00. The number of anilines is 1. The number of nitrogens with one attached hydrogen (secondary N) is 4. The van der Waals surface area contributed by atoms with Crippen LogP contribution in [0.5, 0.6) is 0 Å². The molecule has 0 saturated carbocycles. The fraction of sp³-hybridized carbons (Fsp3) is 0. The van der Waals surface area contributed by atoms with Crippen LogP contribution in [0.25, 0.3) is 0 Å². The van der Waals surface area contributed by atoms with Crippen LogP contribution in [-0.4, -0.2) is 25.8 Å². The van der Waals surface area contributed by atoms with Gasteiger partial charge < -0.3 is 5.73 Å². The molecule has 1 aromatic rings. The van der Waals surface area contributed by atoms with E-state index < -0.39 is 0 Å². The van der Waals surface area contributed by atoms with Crippen molar-refractivity contribution in [2.24, 2.45) is 0 Å². The fourth-order valence-electron chi connectivity index (χ4n) is 0.239. The van der Waals surface area contributed by atoms with Crippen molar-refractivity contribution in [2.75, 3.05) is 5.73 Å². The number of rotatable bonds is 0. The quantitative estimate of drug-likeness (QED) is 0.293. The van der Waals surface area contributed by atoms with Gasteiger partial charge in [0.1, 0.15) is 0 Å². The van der Waals surface area contributed by atoms with Gasteiger partial charge in [-0.05, 0) is 0 Å². The minimum atomic E-state index is 0.304. The molecule has 0 atom stereocenters. The highest BCUT2D eigenvalue weighted by Crippen LogP contribution is 1.70. The molecule has 6 N–H and O–H groups in total. The SMILES string of the molecule is Nc1n[nH][nH][nH][nH]1. The summed E-state index contributed by atoms with van der Waals surface area (Å²) in [4.78, 5) is 0. The third-order valence-corrected chi connectivity index (χ3v) is 0.485. The summed E-state index contributed by atoms with van der Waals surface area (Å²) in [5.74, 6) is 0.304. The first-order valence-electron chi connectivity index (χ1n) is 1.74. The summed E-state index contributed by atoms with van der Waals surface area (Å²) in [5.41, 5.74) is 5.11. The predicted octanol–water partition coefficient (Wildman–Crippen LogP) is -0.899. The van der Waals surface area contributed by atoms with E-state index in [2.05, 4.69) is 25.8 Å². The van der Waals surface area contributed by atoms with Crippen LogP contribution in [0, 0.1) is 0 Å². The van der Waals surface area contributed by atoms with Gasteiger partial charge in [-0.25, -0.2) is 15.6 Å². The summed E-state index contributed by atoms with van der Waals surface area (Å²) < 4.78 is 0. The van der Waals surface area contributed by atoms with Gasteiger partial charge in [-0.3, -0.25) is 5.10 Å². The van der Waals surface area contributed by atoms with Crippen molar-refractivity contribution in [2.45, 2.75) is 0 Å². The Morgan fingerprint density at radius 3 is 2.57 bits per heavy atom. The minimum Gasteiger partial charge on any atom is -0.367 e. The lowest BCUT2D eigenvalue weighted by Gasteiger charge is -1.88. The van der Waals surface area contributed by atoms with Crippen LogP contribution >= 0.6 is 0 Å². The maximum absolute atomic E-state index is 5.11. The summed E-state index contributed by atoms with van der Waals surface area (Å²) >= 11 is 0. The number of nitrogens with zero attached hydrogens (tertiary/aromatic N) is 1. The number of H-pyrrole nitrogens is 4. The van der Waals surface area contributed by atoms with Crippen molar-refractivity contribution in [3.8, 4) is 0 Å². The Morgan fingerprint density at radius 1 is 1.43 bits per heavy atom. The molecule has 1 rings (SSSR count). The van der Waals surface area contributed by atoms with Gasteiger partial charge in [0.2, 0.25) is 5.95 Å². The zero-order chi connectivity index (χ0) is 5.11. The molecule has 7 heavy (non-hydrogen) atoms. The molecule has 1 heterocycles. The van der Waals surface area contributed by atoms with E-state index in [9.17, 15) is 0 Å². The van der Waals surface area contributed by atoms with E-state index in [0.29, 0.717) is 5.95 Å². The Kier molecular flexibility index (Phi) is 0.777.